The van der Waals surface area contributed by atoms with Crippen molar-refractivity contribution in [2.45, 2.75) is 25.8 Å². The van der Waals surface area contributed by atoms with E-state index in [2.05, 4.69) is 29.8 Å². The van der Waals surface area contributed by atoms with Crippen LogP contribution in [0.5, 0.6) is 5.75 Å². The normalized spacial score (nSPS) is 12.3. The van der Waals surface area contributed by atoms with E-state index in [0.29, 0.717) is 6.04 Å². The Morgan fingerprint density at radius 3 is 2.68 bits per heavy atom. The van der Waals surface area contributed by atoms with Gasteiger partial charge in [-0.2, -0.15) is 0 Å². The topological polar surface area (TPSA) is 21.3 Å². The number of ether oxygens (including phenoxy) is 1. The van der Waals surface area contributed by atoms with E-state index >= 15 is 0 Å². The third-order valence-corrected chi connectivity index (χ3v) is 3.93. The highest BCUT2D eigenvalue weighted by Gasteiger charge is 2.11. The molecule has 2 rings (SSSR count). The Morgan fingerprint density at radius 2 is 2.00 bits per heavy atom. The summed E-state index contributed by atoms with van der Waals surface area (Å²) in [5.74, 6) is 0.947. The maximum absolute atomic E-state index is 5.78. The lowest BCUT2D eigenvalue weighted by Gasteiger charge is -2.17. The summed E-state index contributed by atoms with van der Waals surface area (Å²) < 4.78 is 5.78. The zero-order chi connectivity index (χ0) is 13.3. The smallest absolute Gasteiger partial charge is 0.119 e. The molecule has 0 aliphatic carbocycles. The van der Waals surface area contributed by atoms with Gasteiger partial charge in [0, 0.05) is 17.3 Å². The minimum atomic E-state index is 0.406. The highest BCUT2D eigenvalue weighted by atomic mass is 32.1. The van der Waals surface area contributed by atoms with Crippen LogP contribution in [0.2, 0.25) is 0 Å². The molecule has 0 bridgehead atoms. The van der Waals surface area contributed by atoms with Gasteiger partial charge in [-0.15, -0.1) is 11.3 Å². The second kappa shape index (κ2) is 7.97. The molecule has 1 aromatic carbocycles. The van der Waals surface area contributed by atoms with Crippen molar-refractivity contribution in [3.8, 4) is 5.75 Å². The van der Waals surface area contributed by atoms with Crippen molar-refractivity contribution < 1.29 is 4.74 Å². The van der Waals surface area contributed by atoms with E-state index in [1.807, 2.05) is 41.7 Å². The first-order chi connectivity index (χ1) is 9.40. The molecule has 1 unspecified atom stereocenters. The lowest BCUT2D eigenvalue weighted by molar-refractivity contribution is 0.287. The van der Waals surface area contributed by atoms with E-state index in [-0.39, 0.29) is 0 Å². The molecule has 1 aromatic heterocycles. The fourth-order valence-corrected chi connectivity index (χ4v) is 2.80. The van der Waals surface area contributed by atoms with E-state index < -0.39 is 0 Å². The van der Waals surface area contributed by atoms with Gasteiger partial charge < -0.3 is 10.1 Å². The van der Waals surface area contributed by atoms with Gasteiger partial charge in [-0.05, 0) is 36.5 Å². The summed E-state index contributed by atoms with van der Waals surface area (Å²) in [6.45, 7) is 3.98. The number of benzene rings is 1. The van der Waals surface area contributed by atoms with Crippen LogP contribution in [0.25, 0.3) is 0 Å². The van der Waals surface area contributed by atoms with Crippen LogP contribution in [0.3, 0.4) is 0 Å². The Kier molecular flexibility index (Phi) is 5.92. The Balaban J connectivity index is 1.83. The third kappa shape index (κ3) is 4.69. The minimum Gasteiger partial charge on any atom is -0.494 e. The van der Waals surface area contributed by atoms with Gasteiger partial charge in [-0.25, -0.2) is 0 Å². The second-order valence-corrected chi connectivity index (χ2v) is 5.45. The average molecular weight is 275 g/mol. The zero-order valence-corrected chi connectivity index (χ0v) is 12.2. The summed E-state index contributed by atoms with van der Waals surface area (Å²) in [7, 11) is 0. The summed E-state index contributed by atoms with van der Waals surface area (Å²) in [6, 6.07) is 14.7. The van der Waals surface area contributed by atoms with Gasteiger partial charge in [0.15, 0.2) is 0 Å². The van der Waals surface area contributed by atoms with Crippen molar-refractivity contribution in [1.29, 1.82) is 0 Å². The first kappa shape index (κ1) is 14.1. The molecule has 0 fully saturated rings. The fourth-order valence-electron chi connectivity index (χ4n) is 1.96. The third-order valence-electron chi connectivity index (χ3n) is 2.95. The van der Waals surface area contributed by atoms with Crippen molar-refractivity contribution in [3.63, 3.8) is 0 Å². The molecule has 0 radical (unpaired) electrons. The Morgan fingerprint density at radius 1 is 1.16 bits per heavy atom. The molecule has 0 saturated carbocycles. The Labute approximate surface area is 119 Å². The van der Waals surface area contributed by atoms with Crippen LogP contribution in [0.1, 0.15) is 30.7 Å². The Bertz CT molecular complexity index is 441. The van der Waals surface area contributed by atoms with Gasteiger partial charge in [0.2, 0.25) is 0 Å². The van der Waals surface area contributed by atoms with Crippen molar-refractivity contribution in [1.82, 2.24) is 5.32 Å². The first-order valence-corrected chi connectivity index (χ1v) is 7.72. The fraction of sp³-hybridized carbons (Fsp3) is 0.375. The number of hydrogen-bond acceptors (Lipinski definition) is 3. The van der Waals surface area contributed by atoms with E-state index in [0.717, 1.165) is 31.7 Å². The number of hydrogen-bond donors (Lipinski definition) is 1. The zero-order valence-electron chi connectivity index (χ0n) is 11.3. The maximum atomic E-state index is 5.78. The van der Waals surface area contributed by atoms with Gasteiger partial charge in [-0.3, -0.25) is 0 Å². The molecule has 0 aliphatic rings. The molecule has 102 valence electrons. The van der Waals surface area contributed by atoms with Gasteiger partial charge in [-0.1, -0.05) is 31.2 Å². The van der Waals surface area contributed by atoms with Crippen molar-refractivity contribution in [2.24, 2.45) is 0 Å². The van der Waals surface area contributed by atoms with E-state index in [1.54, 1.807) is 0 Å². The van der Waals surface area contributed by atoms with Gasteiger partial charge in [0.05, 0.1) is 6.61 Å². The van der Waals surface area contributed by atoms with Crippen LogP contribution in [0.4, 0.5) is 0 Å². The van der Waals surface area contributed by atoms with E-state index in [9.17, 15) is 0 Å². The van der Waals surface area contributed by atoms with Crippen LogP contribution in [-0.2, 0) is 0 Å². The molecule has 2 nitrogen and oxygen atoms in total. The van der Waals surface area contributed by atoms with Crippen LogP contribution in [-0.4, -0.2) is 13.2 Å². The van der Waals surface area contributed by atoms with Gasteiger partial charge in [0.25, 0.3) is 0 Å². The largest absolute Gasteiger partial charge is 0.494 e. The number of rotatable bonds is 8. The summed E-state index contributed by atoms with van der Waals surface area (Å²) >= 11 is 1.81. The molecule has 2 aromatic rings. The molecule has 0 amide bonds. The van der Waals surface area contributed by atoms with Crippen LogP contribution in [0.15, 0.2) is 47.8 Å². The molecule has 0 spiro atoms. The lowest BCUT2D eigenvalue weighted by atomic mass is 10.1. The molecule has 1 atom stereocenters. The highest BCUT2D eigenvalue weighted by molar-refractivity contribution is 7.10. The van der Waals surface area contributed by atoms with Crippen molar-refractivity contribution in [3.05, 3.63) is 52.7 Å². The quantitative estimate of drug-likeness (QED) is 0.777. The average Bonchev–Trinajstić information content (AvgIpc) is 2.98. The van der Waals surface area contributed by atoms with Gasteiger partial charge >= 0.3 is 0 Å². The molecular weight excluding hydrogens is 254 g/mol. The molecule has 19 heavy (non-hydrogen) atoms. The standard InChI is InChI=1S/C16H21NOS/c1-2-11-17-15(16-9-6-13-19-16)10-12-18-14-7-4-3-5-8-14/h3-9,13,15,17H,2,10-12H2,1H3. The van der Waals surface area contributed by atoms with Gasteiger partial charge in [0.1, 0.15) is 5.75 Å². The molecule has 0 saturated heterocycles. The molecule has 1 N–H and O–H groups in total. The van der Waals surface area contributed by atoms with E-state index in [1.165, 1.54) is 4.88 Å². The van der Waals surface area contributed by atoms with Crippen LogP contribution >= 0.6 is 11.3 Å². The van der Waals surface area contributed by atoms with E-state index in [4.69, 9.17) is 4.74 Å². The first-order valence-electron chi connectivity index (χ1n) is 6.84. The predicted molar refractivity (Wildman–Crippen MR) is 81.9 cm³/mol. The SMILES string of the molecule is CCCNC(CCOc1ccccc1)c1cccs1. The molecule has 3 heteroatoms. The second-order valence-electron chi connectivity index (χ2n) is 4.47. The molecular formula is C16H21NOS. The van der Waals surface area contributed by atoms with Crippen LogP contribution in [0, 0.1) is 0 Å². The van der Waals surface area contributed by atoms with Crippen molar-refractivity contribution in [2.75, 3.05) is 13.2 Å². The minimum absolute atomic E-state index is 0.406. The van der Waals surface area contributed by atoms with Crippen molar-refractivity contribution >= 4 is 11.3 Å². The number of nitrogens with one attached hydrogen (secondary N) is 1. The summed E-state index contributed by atoms with van der Waals surface area (Å²) in [6.07, 6.45) is 2.15. The highest BCUT2D eigenvalue weighted by Crippen LogP contribution is 2.22. The lowest BCUT2D eigenvalue weighted by Crippen LogP contribution is -2.23. The monoisotopic (exact) mass is 275 g/mol. The molecule has 0 aliphatic heterocycles. The Hall–Kier alpha value is -1.32. The number of thiophene rings is 1. The maximum Gasteiger partial charge on any atom is 0.119 e. The predicted octanol–water partition coefficient (Wildman–Crippen LogP) is 4.26. The van der Waals surface area contributed by atoms with Crippen LogP contribution < -0.4 is 10.1 Å². The number of para-hydroxylation sites is 1. The summed E-state index contributed by atoms with van der Waals surface area (Å²) in [5, 5.41) is 5.72. The summed E-state index contributed by atoms with van der Waals surface area (Å²) in [5.41, 5.74) is 0. The molecule has 1 heterocycles. The summed E-state index contributed by atoms with van der Waals surface area (Å²) in [4.78, 5) is 1.39.